The van der Waals surface area contributed by atoms with Crippen molar-refractivity contribution in [3.63, 3.8) is 0 Å². The van der Waals surface area contributed by atoms with Gasteiger partial charge in [0, 0.05) is 16.7 Å². The van der Waals surface area contributed by atoms with Gasteiger partial charge in [0.05, 0.1) is 15.6 Å². The predicted molar refractivity (Wildman–Crippen MR) is 92.1 cm³/mol. The Morgan fingerprint density at radius 2 is 1.86 bits per heavy atom. The molecule has 7 heteroatoms. The highest BCUT2D eigenvalue weighted by Crippen LogP contribution is 2.25. The monoisotopic (exact) mass is 409 g/mol. The number of hydrogen-bond acceptors (Lipinski definition) is 2. The predicted octanol–water partition coefficient (Wildman–Crippen LogP) is 5.49. The minimum atomic E-state index is -0.983. The molecule has 0 aliphatic carbocycles. The number of hydrogen-bond donors (Lipinski definition) is 2. The van der Waals surface area contributed by atoms with Crippen molar-refractivity contribution in [1.82, 2.24) is 0 Å². The van der Waals surface area contributed by atoms with Crippen molar-refractivity contribution in [2.24, 2.45) is 0 Å². The average Bonchev–Trinajstić information content (AvgIpc) is 2.41. The quantitative estimate of drug-likeness (QED) is 0.700. The van der Waals surface area contributed by atoms with Gasteiger partial charge in [-0.3, -0.25) is 0 Å². The van der Waals surface area contributed by atoms with E-state index < -0.39 is 5.97 Å². The van der Waals surface area contributed by atoms with Gasteiger partial charge in [0.15, 0.2) is 0 Å². The smallest absolute Gasteiger partial charge is 0.337 e. The number of halogens is 4. The van der Waals surface area contributed by atoms with E-state index in [4.69, 9.17) is 28.3 Å². The van der Waals surface area contributed by atoms with Gasteiger partial charge in [-0.1, -0.05) is 45.2 Å². The lowest BCUT2D eigenvalue weighted by atomic mass is 10.1. The standard InChI is InChI=1S/C14H10BrCl2NO2.ClH/c15-9-2-4-13(10(6-9)14(19)20)18-7-8-1-3-11(16)12(17)5-8;/h1-6,18H,7H2,(H,19,20);1H. The SMILES string of the molecule is Cl.O=C(O)c1cc(Br)ccc1NCc1ccc(Cl)c(Cl)c1. The van der Waals surface area contributed by atoms with Crippen molar-refractivity contribution in [3.05, 3.63) is 62.0 Å². The highest BCUT2D eigenvalue weighted by Gasteiger charge is 2.10. The Morgan fingerprint density at radius 3 is 2.48 bits per heavy atom. The molecule has 2 rings (SSSR count). The van der Waals surface area contributed by atoms with Crippen LogP contribution >= 0.6 is 51.5 Å². The summed E-state index contributed by atoms with van der Waals surface area (Å²) < 4.78 is 0.718. The fourth-order valence-corrected chi connectivity index (χ4v) is 2.38. The number of carboxylic acids is 1. The van der Waals surface area contributed by atoms with E-state index >= 15 is 0 Å². The molecule has 0 aromatic heterocycles. The Balaban J connectivity index is 0.00000220. The molecule has 0 aliphatic heterocycles. The number of carbonyl (C=O) groups is 1. The fraction of sp³-hybridized carbons (Fsp3) is 0.0714. The zero-order valence-corrected chi connectivity index (χ0v) is 14.5. The van der Waals surface area contributed by atoms with Crippen LogP contribution in [-0.4, -0.2) is 11.1 Å². The Bertz CT molecular complexity index is 665. The largest absolute Gasteiger partial charge is 0.478 e. The summed E-state index contributed by atoms with van der Waals surface area (Å²) in [7, 11) is 0. The van der Waals surface area contributed by atoms with Gasteiger partial charge >= 0.3 is 5.97 Å². The molecule has 0 saturated carbocycles. The molecule has 0 radical (unpaired) electrons. The first-order valence-electron chi connectivity index (χ1n) is 5.68. The summed E-state index contributed by atoms with van der Waals surface area (Å²) in [6, 6.07) is 10.3. The topological polar surface area (TPSA) is 49.3 Å². The van der Waals surface area contributed by atoms with Crippen molar-refractivity contribution < 1.29 is 9.90 Å². The summed E-state index contributed by atoms with van der Waals surface area (Å²) in [4.78, 5) is 11.2. The maximum Gasteiger partial charge on any atom is 0.337 e. The Morgan fingerprint density at radius 1 is 1.14 bits per heavy atom. The number of benzene rings is 2. The zero-order valence-electron chi connectivity index (χ0n) is 10.6. The van der Waals surface area contributed by atoms with Gasteiger partial charge in [0.1, 0.15) is 0 Å². The Hall–Kier alpha value is -0.940. The van der Waals surface area contributed by atoms with Crippen molar-refractivity contribution in [1.29, 1.82) is 0 Å². The van der Waals surface area contributed by atoms with E-state index in [-0.39, 0.29) is 18.0 Å². The van der Waals surface area contributed by atoms with Crippen molar-refractivity contribution >= 4 is 63.2 Å². The molecule has 2 N–H and O–H groups in total. The summed E-state index contributed by atoms with van der Waals surface area (Å²) in [6.07, 6.45) is 0. The molecule has 0 saturated heterocycles. The molecule has 2 aromatic carbocycles. The molecule has 21 heavy (non-hydrogen) atoms. The third kappa shape index (κ3) is 4.78. The van der Waals surface area contributed by atoms with E-state index in [0.717, 1.165) is 10.0 Å². The van der Waals surface area contributed by atoms with Crippen LogP contribution in [-0.2, 0) is 6.54 Å². The van der Waals surface area contributed by atoms with Gasteiger partial charge in [-0.05, 0) is 35.9 Å². The van der Waals surface area contributed by atoms with Crippen LogP contribution in [0.1, 0.15) is 15.9 Å². The van der Waals surface area contributed by atoms with Crippen LogP contribution in [0.5, 0.6) is 0 Å². The third-order valence-electron chi connectivity index (χ3n) is 2.68. The van der Waals surface area contributed by atoms with Crippen LogP contribution in [0.4, 0.5) is 5.69 Å². The van der Waals surface area contributed by atoms with Crippen LogP contribution in [0.25, 0.3) is 0 Å². The molecular formula is C14H11BrCl3NO2. The Labute approximate surface area is 146 Å². The molecule has 0 atom stereocenters. The normalized spacial score (nSPS) is 9.86. The minimum absolute atomic E-state index is 0. The maximum atomic E-state index is 11.2. The molecule has 0 bridgehead atoms. The highest BCUT2D eigenvalue weighted by atomic mass is 79.9. The van der Waals surface area contributed by atoms with Crippen LogP contribution in [0.3, 0.4) is 0 Å². The first kappa shape index (κ1) is 18.1. The summed E-state index contributed by atoms with van der Waals surface area (Å²) >= 11 is 15.0. The summed E-state index contributed by atoms with van der Waals surface area (Å²) in [5.41, 5.74) is 1.67. The van der Waals surface area contributed by atoms with E-state index in [9.17, 15) is 4.79 Å². The molecule has 3 nitrogen and oxygen atoms in total. The van der Waals surface area contributed by atoms with E-state index in [0.29, 0.717) is 22.3 Å². The third-order valence-corrected chi connectivity index (χ3v) is 3.91. The summed E-state index contributed by atoms with van der Waals surface area (Å²) in [6.45, 7) is 0.457. The van der Waals surface area contributed by atoms with Crippen molar-refractivity contribution in [3.8, 4) is 0 Å². The van der Waals surface area contributed by atoms with Gasteiger partial charge in [-0.15, -0.1) is 12.4 Å². The summed E-state index contributed by atoms with van der Waals surface area (Å²) in [5.74, 6) is -0.983. The van der Waals surface area contributed by atoms with E-state index in [1.54, 1.807) is 30.3 Å². The van der Waals surface area contributed by atoms with Gasteiger partial charge in [0.25, 0.3) is 0 Å². The molecule has 0 aliphatic rings. The lowest BCUT2D eigenvalue weighted by molar-refractivity contribution is 0.0698. The van der Waals surface area contributed by atoms with E-state index in [1.807, 2.05) is 6.07 Å². The molecule has 2 aromatic rings. The van der Waals surface area contributed by atoms with Crippen LogP contribution < -0.4 is 5.32 Å². The van der Waals surface area contributed by atoms with E-state index in [2.05, 4.69) is 21.2 Å². The molecule has 0 fully saturated rings. The second-order valence-corrected chi connectivity index (χ2v) is 5.83. The minimum Gasteiger partial charge on any atom is -0.478 e. The van der Waals surface area contributed by atoms with Gasteiger partial charge in [0.2, 0.25) is 0 Å². The van der Waals surface area contributed by atoms with Crippen LogP contribution in [0, 0.1) is 0 Å². The average molecular weight is 412 g/mol. The first-order chi connectivity index (χ1) is 9.47. The lowest BCUT2D eigenvalue weighted by Gasteiger charge is -2.10. The van der Waals surface area contributed by atoms with Gasteiger partial charge in [-0.2, -0.15) is 0 Å². The molecule has 112 valence electrons. The molecular weight excluding hydrogens is 400 g/mol. The fourth-order valence-electron chi connectivity index (χ4n) is 1.69. The lowest BCUT2D eigenvalue weighted by Crippen LogP contribution is -2.06. The van der Waals surface area contributed by atoms with Crippen molar-refractivity contribution in [2.75, 3.05) is 5.32 Å². The molecule has 0 heterocycles. The first-order valence-corrected chi connectivity index (χ1v) is 7.23. The molecule has 0 unspecified atom stereocenters. The van der Waals surface area contributed by atoms with Crippen LogP contribution in [0.15, 0.2) is 40.9 Å². The molecule has 0 amide bonds. The number of nitrogens with one attached hydrogen (secondary N) is 1. The highest BCUT2D eigenvalue weighted by molar-refractivity contribution is 9.10. The number of aromatic carboxylic acids is 1. The number of carboxylic acid groups (broad SMARTS) is 1. The Kier molecular flexibility index (Phi) is 6.81. The van der Waals surface area contributed by atoms with Crippen molar-refractivity contribution in [2.45, 2.75) is 6.54 Å². The van der Waals surface area contributed by atoms with Gasteiger partial charge < -0.3 is 10.4 Å². The van der Waals surface area contributed by atoms with Crippen LogP contribution in [0.2, 0.25) is 10.0 Å². The second-order valence-electron chi connectivity index (χ2n) is 4.10. The van der Waals surface area contributed by atoms with E-state index in [1.165, 1.54) is 0 Å². The maximum absolute atomic E-state index is 11.2. The second kappa shape index (κ2) is 7.90. The number of rotatable bonds is 4. The zero-order chi connectivity index (χ0) is 14.7. The van der Waals surface area contributed by atoms with Gasteiger partial charge in [-0.25, -0.2) is 4.79 Å². The summed E-state index contributed by atoms with van der Waals surface area (Å²) in [5, 5.41) is 13.2. The molecule has 0 spiro atoms. The number of anilines is 1.